The Morgan fingerprint density at radius 3 is 3.07 bits per heavy atom. The molecule has 1 saturated carbocycles. The second-order valence-corrected chi connectivity index (χ2v) is 5.64. The quantitative estimate of drug-likeness (QED) is 0.753. The molecule has 15 heavy (non-hydrogen) atoms. The number of rotatable bonds is 6. The van der Waals surface area contributed by atoms with E-state index in [1.807, 2.05) is 11.8 Å². The Labute approximate surface area is 96.2 Å². The topological polar surface area (TPSA) is 30.9 Å². The maximum atomic E-state index is 6.15. The second-order valence-electron chi connectivity index (χ2n) is 4.24. The number of thioether (sulfide) groups is 1. The molecule has 2 N–H and O–H groups in total. The lowest BCUT2D eigenvalue weighted by atomic mass is 10.1. The van der Waals surface area contributed by atoms with E-state index in [0.29, 0.717) is 0 Å². The van der Waals surface area contributed by atoms with Crippen molar-refractivity contribution < 1.29 is 0 Å². The highest BCUT2D eigenvalue weighted by Gasteiger charge is 2.29. The summed E-state index contributed by atoms with van der Waals surface area (Å²) in [4.78, 5) is 0. The van der Waals surface area contributed by atoms with Crippen molar-refractivity contribution in [1.29, 1.82) is 0 Å². The van der Waals surface area contributed by atoms with E-state index in [4.69, 9.17) is 5.73 Å². The molecule has 1 unspecified atom stereocenters. The van der Waals surface area contributed by atoms with Gasteiger partial charge in [-0.15, -0.1) is 0 Å². The van der Waals surface area contributed by atoms with Crippen LogP contribution < -0.4 is 5.73 Å². The maximum absolute atomic E-state index is 6.15. The predicted molar refractivity (Wildman–Crippen MR) is 67.1 cm³/mol. The van der Waals surface area contributed by atoms with Crippen molar-refractivity contribution in [3.63, 3.8) is 0 Å². The van der Waals surface area contributed by atoms with Crippen LogP contribution in [0, 0.1) is 5.92 Å². The van der Waals surface area contributed by atoms with Crippen LogP contribution in [0.4, 0.5) is 0 Å². The minimum Gasteiger partial charge on any atom is -0.353 e. The lowest BCUT2D eigenvalue weighted by Crippen LogP contribution is -2.11. The van der Waals surface area contributed by atoms with Crippen LogP contribution in [0.5, 0.6) is 0 Å². The lowest BCUT2D eigenvalue weighted by molar-refractivity contribution is 0.630. The normalized spacial score (nSPS) is 18.0. The number of aryl methyl sites for hydroxylation is 1. The van der Waals surface area contributed by atoms with Crippen molar-refractivity contribution in [2.24, 2.45) is 11.7 Å². The van der Waals surface area contributed by atoms with Crippen molar-refractivity contribution in [1.82, 2.24) is 4.57 Å². The van der Waals surface area contributed by atoms with Crippen LogP contribution in [0.3, 0.4) is 0 Å². The SMILES string of the molecule is CCSCCn1ccc(C(N)C2CC2)c1. The van der Waals surface area contributed by atoms with Gasteiger partial charge in [0.25, 0.3) is 0 Å². The van der Waals surface area contributed by atoms with E-state index in [9.17, 15) is 0 Å². The Kier molecular flexibility index (Phi) is 3.76. The molecule has 1 aromatic rings. The molecule has 84 valence electrons. The molecule has 3 heteroatoms. The third-order valence-corrected chi connectivity index (χ3v) is 3.87. The molecule has 0 amide bonds. The minimum atomic E-state index is 0.282. The van der Waals surface area contributed by atoms with Crippen LogP contribution in [0.25, 0.3) is 0 Å². The van der Waals surface area contributed by atoms with Crippen LogP contribution in [0.2, 0.25) is 0 Å². The number of hydrogen-bond donors (Lipinski definition) is 1. The van der Waals surface area contributed by atoms with Crippen LogP contribution in [-0.4, -0.2) is 16.1 Å². The van der Waals surface area contributed by atoms with Crippen molar-refractivity contribution in [2.45, 2.75) is 32.4 Å². The molecule has 0 radical (unpaired) electrons. The van der Waals surface area contributed by atoms with E-state index in [1.54, 1.807) is 0 Å². The fourth-order valence-electron chi connectivity index (χ4n) is 1.84. The van der Waals surface area contributed by atoms with Crippen molar-refractivity contribution >= 4 is 11.8 Å². The number of nitrogens with zero attached hydrogens (tertiary/aromatic N) is 1. The minimum absolute atomic E-state index is 0.282. The summed E-state index contributed by atoms with van der Waals surface area (Å²) in [5, 5.41) is 0. The first-order chi connectivity index (χ1) is 7.31. The van der Waals surface area contributed by atoms with E-state index in [1.165, 1.54) is 29.9 Å². The summed E-state index contributed by atoms with van der Waals surface area (Å²) in [5.41, 5.74) is 7.47. The van der Waals surface area contributed by atoms with E-state index >= 15 is 0 Å². The van der Waals surface area contributed by atoms with Gasteiger partial charge in [-0.1, -0.05) is 6.92 Å². The summed E-state index contributed by atoms with van der Waals surface area (Å²) in [6, 6.07) is 2.46. The van der Waals surface area contributed by atoms with Gasteiger partial charge in [0, 0.05) is 30.7 Å². The zero-order chi connectivity index (χ0) is 10.7. The van der Waals surface area contributed by atoms with Gasteiger partial charge in [0.05, 0.1) is 0 Å². The van der Waals surface area contributed by atoms with Gasteiger partial charge < -0.3 is 10.3 Å². The molecule has 0 saturated heterocycles. The molecule has 1 heterocycles. The zero-order valence-electron chi connectivity index (χ0n) is 9.36. The molecule has 1 aromatic heterocycles. The predicted octanol–water partition coefficient (Wildman–Crippen LogP) is 2.65. The fraction of sp³-hybridized carbons (Fsp3) is 0.667. The van der Waals surface area contributed by atoms with E-state index in [0.717, 1.165) is 12.5 Å². The van der Waals surface area contributed by atoms with E-state index in [2.05, 4.69) is 30.0 Å². The Morgan fingerprint density at radius 2 is 2.40 bits per heavy atom. The summed E-state index contributed by atoms with van der Waals surface area (Å²) in [6.07, 6.45) is 7.02. The number of hydrogen-bond acceptors (Lipinski definition) is 2. The van der Waals surface area contributed by atoms with Gasteiger partial charge in [-0.2, -0.15) is 11.8 Å². The molecular formula is C12H20N2S. The highest BCUT2D eigenvalue weighted by atomic mass is 32.2. The molecule has 0 aliphatic heterocycles. The number of nitrogens with two attached hydrogens (primary N) is 1. The zero-order valence-corrected chi connectivity index (χ0v) is 10.2. The lowest BCUT2D eigenvalue weighted by Gasteiger charge is -2.07. The molecule has 0 spiro atoms. The van der Waals surface area contributed by atoms with Crippen LogP contribution in [0.1, 0.15) is 31.4 Å². The molecule has 0 bridgehead atoms. The molecule has 1 aliphatic rings. The molecular weight excluding hydrogens is 204 g/mol. The summed E-state index contributed by atoms with van der Waals surface area (Å²) in [5.74, 6) is 3.16. The smallest absolute Gasteiger partial charge is 0.0338 e. The van der Waals surface area contributed by atoms with Gasteiger partial charge in [0.15, 0.2) is 0 Å². The summed E-state index contributed by atoms with van der Waals surface area (Å²) < 4.78 is 2.26. The molecule has 1 fully saturated rings. The molecule has 1 aliphatic carbocycles. The summed E-state index contributed by atoms with van der Waals surface area (Å²) >= 11 is 1.99. The van der Waals surface area contributed by atoms with Gasteiger partial charge in [-0.3, -0.25) is 0 Å². The fourth-order valence-corrected chi connectivity index (χ4v) is 2.47. The van der Waals surface area contributed by atoms with E-state index < -0.39 is 0 Å². The summed E-state index contributed by atoms with van der Waals surface area (Å²) in [6.45, 7) is 3.31. The van der Waals surface area contributed by atoms with Crippen LogP contribution in [0.15, 0.2) is 18.5 Å². The first-order valence-corrected chi connectivity index (χ1v) is 6.95. The summed E-state index contributed by atoms with van der Waals surface area (Å²) in [7, 11) is 0. The monoisotopic (exact) mass is 224 g/mol. The maximum Gasteiger partial charge on any atom is 0.0338 e. The molecule has 0 aromatic carbocycles. The molecule has 2 nitrogen and oxygen atoms in total. The first-order valence-electron chi connectivity index (χ1n) is 5.80. The van der Waals surface area contributed by atoms with Gasteiger partial charge in [0.1, 0.15) is 0 Å². The average Bonchev–Trinajstić information content (AvgIpc) is 2.98. The van der Waals surface area contributed by atoms with Crippen molar-refractivity contribution in [2.75, 3.05) is 11.5 Å². The molecule has 2 rings (SSSR count). The Hall–Kier alpha value is -0.410. The van der Waals surface area contributed by atoms with Gasteiger partial charge in [-0.05, 0) is 36.1 Å². The van der Waals surface area contributed by atoms with Gasteiger partial charge in [0.2, 0.25) is 0 Å². The highest BCUT2D eigenvalue weighted by Crippen LogP contribution is 2.39. The Morgan fingerprint density at radius 1 is 1.60 bits per heavy atom. The standard InChI is InChI=1S/C12H20N2S/c1-2-15-8-7-14-6-5-11(9-14)12(13)10-3-4-10/h5-6,9-10,12H,2-4,7-8,13H2,1H3. The van der Waals surface area contributed by atoms with Gasteiger partial charge in [-0.25, -0.2) is 0 Å². The Balaban J connectivity index is 1.85. The largest absolute Gasteiger partial charge is 0.353 e. The van der Waals surface area contributed by atoms with Crippen molar-refractivity contribution in [3.05, 3.63) is 24.0 Å². The Bertz CT molecular complexity index is 304. The second kappa shape index (κ2) is 5.08. The third kappa shape index (κ3) is 3.02. The molecule has 1 atom stereocenters. The average molecular weight is 224 g/mol. The highest BCUT2D eigenvalue weighted by molar-refractivity contribution is 7.99. The third-order valence-electron chi connectivity index (χ3n) is 2.99. The van der Waals surface area contributed by atoms with E-state index in [-0.39, 0.29) is 6.04 Å². The van der Waals surface area contributed by atoms with Crippen molar-refractivity contribution in [3.8, 4) is 0 Å². The van der Waals surface area contributed by atoms with Gasteiger partial charge >= 0.3 is 0 Å². The first kappa shape index (κ1) is 11.1. The number of aromatic nitrogens is 1. The van der Waals surface area contributed by atoms with Crippen LogP contribution in [-0.2, 0) is 6.54 Å². The van der Waals surface area contributed by atoms with Crippen LogP contribution >= 0.6 is 11.8 Å².